The number of fused-ring (bicyclic) bond motifs is 1. The molecule has 0 unspecified atom stereocenters. The zero-order valence-corrected chi connectivity index (χ0v) is 11.6. The van der Waals surface area contributed by atoms with Crippen LogP contribution in [0, 0.1) is 6.07 Å². The molecule has 2 aromatic rings. The van der Waals surface area contributed by atoms with Crippen LogP contribution in [0.5, 0.6) is 0 Å². The van der Waals surface area contributed by atoms with Crippen molar-refractivity contribution in [3.05, 3.63) is 47.8 Å². The summed E-state index contributed by atoms with van der Waals surface area (Å²) in [7, 11) is 1.79. The number of primary amides is 1. The number of carbonyl (C=O) groups excluding carboxylic acids is 2. The maximum Gasteiger partial charge on any atom is 0.267 e. The van der Waals surface area contributed by atoms with Gasteiger partial charge in [-0.2, -0.15) is 0 Å². The van der Waals surface area contributed by atoms with E-state index < -0.39 is 5.91 Å². The summed E-state index contributed by atoms with van der Waals surface area (Å²) >= 11 is 0. The molecule has 2 amide bonds. The molecule has 2 heterocycles. The number of hydrogen-bond acceptors (Lipinski definition) is 3. The van der Waals surface area contributed by atoms with Gasteiger partial charge < -0.3 is 10.6 Å². The smallest absolute Gasteiger partial charge is 0.267 e. The zero-order chi connectivity index (χ0) is 15.0. The molecule has 3 rings (SSSR count). The van der Waals surface area contributed by atoms with Gasteiger partial charge in [0.1, 0.15) is 5.69 Å². The van der Waals surface area contributed by atoms with E-state index in [1.807, 2.05) is 18.2 Å². The van der Waals surface area contributed by atoms with Crippen LogP contribution < -0.4 is 10.6 Å². The molecule has 0 saturated heterocycles. The number of pyridine rings is 1. The fraction of sp³-hybridized carbons (Fsp3) is 0.188. The minimum absolute atomic E-state index is 0.127. The van der Waals surface area contributed by atoms with Crippen molar-refractivity contribution >= 4 is 17.5 Å². The molecule has 1 aliphatic rings. The van der Waals surface area contributed by atoms with E-state index in [9.17, 15) is 9.59 Å². The third-order valence-electron chi connectivity index (χ3n) is 3.69. The van der Waals surface area contributed by atoms with Crippen molar-refractivity contribution in [3.8, 4) is 11.1 Å². The molecule has 1 radical (unpaired) electrons. The standard InChI is InChI=1S/C16H14N3O2/c1-19-14-6-3-10(8-11(14)4-7-15(19)20)12-2-5-13(16(17)21)18-9-12/h2-3,6,8-9H,4,7H2,1H3,(H2,17,21). The third kappa shape index (κ3) is 2.38. The van der Waals surface area contributed by atoms with E-state index in [0.29, 0.717) is 6.42 Å². The Hall–Kier alpha value is -2.69. The lowest BCUT2D eigenvalue weighted by Gasteiger charge is -2.26. The number of nitrogens with zero attached hydrogens (tertiary/aromatic N) is 2. The SMILES string of the molecule is CN1C(=O)CCc2cc(-c3c[c]c(C(N)=O)nc3)ccc21. The van der Waals surface area contributed by atoms with E-state index in [-0.39, 0.29) is 11.6 Å². The molecule has 0 bridgehead atoms. The van der Waals surface area contributed by atoms with Gasteiger partial charge in [-0.3, -0.25) is 9.59 Å². The Balaban J connectivity index is 1.97. The van der Waals surface area contributed by atoms with Gasteiger partial charge in [-0.25, -0.2) is 4.98 Å². The van der Waals surface area contributed by atoms with Crippen molar-refractivity contribution in [2.75, 3.05) is 11.9 Å². The van der Waals surface area contributed by atoms with Crippen LogP contribution in [-0.2, 0) is 11.2 Å². The second kappa shape index (κ2) is 5.01. The van der Waals surface area contributed by atoms with Gasteiger partial charge in [0.2, 0.25) is 5.91 Å². The molecule has 1 aromatic carbocycles. The highest BCUT2D eigenvalue weighted by Crippen LogP contribution is 2.31. The highest BCUT2D eigenvalue weighted by molar-refractivity contribution is 5.96. The minimum Gasteiger partial charge on any atom is -0.364 e. The second-order valence-corrected chi connectivity index (χ2v) is 5.01. The van der Waals surface area contributed by atoms with Crippen LogP contribution in [0.1, 0.15) is 22.5 Å². The molecule has 0 fully saturated rings. The van der Waals surface area contributed by atoms with Crippen molar-refractivity contribution in [1.82, 2.24) is 4.98 Å². The van der Waals surface area contributed by atoms with Crippen molar-refractivity contribution in [3.63, 3.8) is 0 Å². The Morgan fingerprint density at radius 3 is 2.81 bits per heavy atom. The highest BCUT2D eigenvalue weighted by atomic mass is 16.2. The zero-order valence-electron chi connectivity index (χ0n) is 11.6. The first-order chi connectivity index (χ1) is 10.1. The lowest BCUT2D eigenvalue weighted by Crippen LogP contribution is -2.30. The first kappa shape index (κ1) is 13.3. The second-order valence-electron chi connectivity index (χ2n) is 5.01. The number of aromatic nitrogens is 1. The molecule has 5 heteroatoms. The Bertz CT molecular complexity index is 723. The van der Waals surface area contributed by atoms with E-state index in [1.54, 1.807) is 24.2 Å². The number of nitrogens with two attached hydrogens (primary N) is 1. The molecule has 0 spiro atoms. The summed E-state index contributed by atoms with van der Waals surface area (Å²) in [6.45, 7) is 0. The van der Waals surface area contributed by atoms with Crippen LogP contribution in [0.25, 0.3) is 11.1 Å². The Kier molecular flexibility index (Phi) is 3.17. The average molecular weight is 280 g/mol. The summed E-state index contributed by atoms with van der Waals surface area (Å²) in [5.74, 6) is -0.455. The third-order valence-corrected chi connectivity index (χ3v) is 3.69. The predicted molar refractivity (Wildman–Crippen MR) is 78.8 cm³/mol. The highest BCUT2D eigenvalue weighted by Gasteiger charge is 2.20. The molecule has 0 aliphatic carbocycles. The van der Waals surface area contributed by atoms with Gasteiger partial charge in [-0.15, -0.1) is 0 Å². The van der Waals surface area contributed by atoms with E-state index >= 15 is 0 Å². The first-order valence-corrected chi connectivity index (χ1v) is 6.63. The molecule has 21 heavy (non-hydrogen) atoms. The molecule has 105 valence electrons. The normalized spacial score (nSPS) is 14.0. The minimum atomic E-state index is -0.591. The molecule has 0 saturated carbocycles. The van der Waals surface area contributed by atoms with E-state index in [4.69, 9.17) is 5.73 Å². The molecule has 5 nitrogen and oxygen atoms in total. The van der Waals surface area contributed by atoms with Crippen LogP contribution in [0.3, 0.4) is 0 Å². The van der Waals surface area contributed by atoms with Crippen molar-refractivity contribution in [2.24, 2.45) is 5.73 Å². The lowest BCUT2D eigenvalue weighted by molar-refractivity contribution is -0.118. The van der Waals surface area contributed by atoms with Gasteiger partial charge in [-0.05, 0) is 35.7 Å². The topological polar surface area (TPSA) is 76.3 Å². The lowest BCUT2D eigenvalue weighted by atomic mass is 9.97. The largest absolute Gasteiger partial charge is 0.364 e. The predicted octanol–water partition coefficient (Wildman–Crippen LogP) is 1.56. The molecular formula is C16H14N3O2. The maximum absolute atomic E-state index is 11.7. The molecule has 1 aromatic heterocycles. The van der Waals surface area contributed by atoms with Gasteiger partial charge in [0, 0.05) is 37.0 Å². The average Bonchev–Trinajstić information content (AvgIpc) is 2.51. The fourth-order valence-electron chi connectivity index (χ4n) is 2.48. The summed E-state index contributed by atoms with van der Waals surface area (Å²) in [4.78, 5) is 28.4. The Morgan fingerprint density at radius 2 is 2.14 bits per heavy atom. The quantitative estimate of drug-likeness (QED) is 0.907. The number of carbonyl (C=O) groups is 2. The molecular weight excluding hydrogens is 266 g/mol. The van der Waals surface area contributed by atoms with Crippen molar-refractivity contribution in [1.29, 1.82) is 0 Å². The number of anilines is 1. The maximum atomic E-state index is 11.7. The Labute approximate surface area is 122 Å². The van der Waals surface area contributed by atoms with Gasteiger partial charge in [0.25, 0.3) is 5.91 Å². The number of hydrogen-bond donors (Lipinski definition) is 1. The van der Waals surface area contributed by atoms with E-state index in [2.05, 4.69) is 11.1 Å². The van der Waals surface area contributed by atoms with Gasteiger partial charge in [0.05, 0.1) is 0 Å². The van der Waals surface area contributed by atoms with Gasteiger partial charge >= 0.3 is 0 Å². The van der Waals surface area contributed by atoms with E-state index in [1.165, 1.54) is 0 Å². The summed E-state index contributed by atoms with van der Waals surface area (Å²) < 4.78 is 0. The number of amides is 2. The van der Waals surface area contributed by atoms with Crippen LogP contribution in [0.4, 0.5) is 5.69 Å². The van der Waals surface area contributed by atoms with E-state index in [0.717, 1.165) is 28.8 Å². The van der Waals surface area contributed by atoms with Crippen molar-refractivity contribution < 1.29 is 9.59 Å². The summed E-state index contributed by atoms with van der Waals surface area (Å²) in [5, 5.41) is 0. The van der Waals surface area contributed by atoms with Crippen LogP contribution in [-0.4, -0.2) is 23.8 Å². The van der Waals surface area contributed by atoms with Crippen LogP contribution in [0.2, 0.25) is 0 Å². The Morgan fingerprint density at radius 1 is 1.33 bits per heavy atom. The summed E-state index contributed by atoms with van der Waals surface area (Å²) in [6.07, 6.45) is 2.87. The van der Waals surface area contributed by atoms with Gasteiger partial charge in [-0.1, -0.05) is 6.07 Å². The van der Waals surface area contributed by atoms with Crippen LogP contribution >= 0.6 is 0 Å². The number of benzene rings is 1. The summed E-state index contributed by atoms with van der Waals surface area (Å²) in [6, 6.07) is 10.4. The number of aryl methyl sites for hydroxylation is 1. The first-order valence-electron chi connectivity index (χ1n) is 6.63. The van der Waals surface area contributed by atoms with Crippen LogP contribution in [0.15, 0.2) is 30.5 Å². The monoisotopic (exact) mass is 280 g/mol. The number of rotatable bonds is 2. The molecule has 0 atom stereocenters. The van der Waals surface area contributed by atoms with Gasteiger partial charge in [0.15, 0.2) is 0 Å². The fourth-order valence-corrected chi connectivity index (χ4v) is 2.48. The molecule has 1 aliphatic heterocycles. The molecule has 2 N–H and O–H groups in total. The summed E-state index contributed by atoms with van der Waals surface area (Å²) in [5.41, 5.74) is 9.20. The van der Waals surface area contributed by atoms with Crippen molar-refractivity contribution in [2.45, 2.75) is 12.8 Å².